The molecule has 0 rings (SSSR count). The summed E-state index contributed by atoms with van der Waals surface area (Å²) < 4.78 is 0. The van der Waals surface area contributed by atoms with Crippen LogP contribution in [0.2, 0.25) is 0 Å². The number of aliphatic hydroxyl groups is 2. The number of aliphatic carboxylic acids is 1. The van der Waals surface area contributed by atoms with E-state index in [1.54, 1.807) is 13.8 Å². The summed E-state index contributed by atoms with van der Waals surface area (Å²) in [5.74, 6) is -0.931. The van der Waals surface area contributed by atoms with Crippen molar-refractivity contribution in [3.8, 4) is 0 Å². The Bertz CT molecular complexity index is 153. The molecule has 1 unspecified atom stereocenters. The van der Waals surface area contributed by atoms with Crippen molar-refractivity contribution in [2.75, 3.05) is 6.61 Å². The van der Waals surface area contributed by atoms with E-state index < -0.39 is 17.5 Å². The fraction of sp³-hybridized carbons (Fsp3) is 0.875. The maximum Gasteiger partial charge on any atom is 0.309 e. The number of rotatable bonds is 5. The van der Waals surface area contributed by atoms with E-state index in [0.717, 1.165) is 0 Å². The molecule has 0 aromatic carbocycles. The first kappa shape index (κ1) is 11.4. The van der Waals surface area contributed by atoms with Gasteiger partial charge in [-0.15, -0.1) is 0 Å². The van der Waals surface area contributed by atoms with Crippen molar-refractivity contribution in [2.24, 2.45) is 5.41 Å². The first-order valence-electron chi connectivity index (χ1n) is 3.92. The van der Waals surface area contributed by atoms with Crippen molar-refractivity contribution < 1.29 is 20.1 Å². The molecule has 0 aromatic rings. The Balaban J connectivity index is 3.96. The van der Waals surface area contributed by atoms with Crippen LogP contribution in [0.25, 0.3) is 0 Å². The van der Waals surface area contributed by atoms with Crippen LogP contribution in [-0.2, 0) is 4.79 Å². The maximum atomic E-state index is 10.6. The van der Waals surface area contributed by atoms with Crippen LogP contribution in [0.15, 0.2) is 0 Å². The first-order chi connectivity index (χ1) is 5.40. The summed E-state index contributed by atoms with van der Waals surface area (Å²) in [5.41, 5.74) is -0.922. The standard InChI is InChI=1S/C8H16O4/c1-8(2,7(11)12)5-6(10)3-4-9/h6,9-10H,3-5H2,1-2H3,(H,11,12). The molecule has 4 nitrogen and oxygen atoms in total. The van der Waals surface area contributed by atoms with Gasteiger partial charge in [0.05, 0.1) is 11.5 Å². The molecule has 0 heterocycles. The largest absolute Gasteiger partial charge is 0.481 e. The predicted octanol–water partition coefficient (Wildman–Crippen LogP) is 0.231. The highest BCUT2D eigenvalue weighted by Gasteiger charge is 2.29. The number of hydrogen-bond donors (Lipinski definition) is 3. The van der Waals surface area contributed by atoms with Gasteiger partial charge in [0.25, 0.3) is 0 Å². The van der Waals surface area contributed by atoms with Gasteiger partial charge in [-0.25, -0.2) is 0 Å². The lowest BCUT2D eigenvalue weighted by atomic mass is 9.86. The summed E-state index contributed by atoms with van der Waals surface area (Å²) in [5, 5.41) is 26.4. The molecular formula is C8H16O4. The monoisotopic (exact) mass is 176 g/mol. The Morgan fingerprint density at radius 3 is 2.33 bits per heavy atom. The Morgan fingerprint density at radius 2 is 2.00 bits per heavy atom. The normalized spacial score (nSPS) is 14.3. The highest BCUT2D eigenvalue weighted by atomic mass is 16.4. The van der Waals surface area contributed by atoms with Crippen molar-refractivity contribution in [1.29, 1.82) is 0 Å². The van der Waals surface area contributed by atoms with Gasteiger partial charge in [-0.05, 0) is 26.7 Å². The lowest BCUT2D eigenvalue weighted by Crippen LogP contribution is -2.29. The number of carboxylic acids is 1. The van der Waals surface area contributed by atoms with Gasteiger partial charge in [-0.3, -0.25) is 4.79 Å². The number of carboxylic acid groups (broad SMARTS) is 1. The Kier molecular flexibility index (Phi) is 4.20. The predicted molar refractivity (Wildman–Crippen MR) is 43.7 cm³/mol. The average molecular weight is 176 g/mol. The average Bonchev–Trinajstić information content (AvgIpc) is 1.85. The second-order valence-electron chi connectivity index (χ2n) is 3.56. The van der Waals surface area contributed by atoms with Gasteiger partial charge in [0.1, 0.15) is 0 Å². The van der Waals surface area contributed by atoms with Crippen molar-refractivity contribution >= 4 is 5.97 Å². The summed E-state index contributed by atoms with van der Waals surface area (Å²) in [4.78, 5) is 10.6. The smallest absolute Gasteiger partial charge is 0.309 e. The molecule has 1 atom stereocenters. The van der Waals surface area contributed by atoms with E-state index in [0.29, 0.717) is 0 Å². The Labute approximate surface area is 71.8 Å². The SMILES string of the molecule is CC(C)(CC(O)CCO)C(=O)O. The lowest BCUT2D eigenvalue weighted by molar-refractivity contribution is -0.148. The van der Waals surface area contributed by atoms with Crippen LogP contribution < -0.4 is 0 Å². The fourth-order valence-corrected chi connectivity index (χ4v) is 0.927. The van der Waals surface area contributed by atoms with Gasteiger partial charge < -0.3 is 15.3 Å². The van der Waals surface area contributed by atoms with Gasteiger partial charge in [-0.2, -0.15) is 0 Å². The number of aliphatic hydroxyl groups excluding tert-OH is 2. The van der Waals surface area contributed by atoms with Crippen LogP contribution in [0, 0.1) is 5.41 Å². The molecule has 0 radical (unpaired) electrons. The second kappa shape index (κ2) is 4.42. The van der Waals surface area contributed by atoms with Crippen molar-refractivity contribution in [3.05, 3.63) is 0 Å². The summed E-state index contributed by atoms with van der Waals surface area (Å²) in [6.45, 7) is 2.99. The van der Waals surface area contributed by atoms with Crippen LogP contribution in [0.4, 0.5) is 0 Å². The molecule has 4 heteroatoms. The third kappa shape index (κ3) is 3.69. The van der Waals surface area contributed by atoms with E-state index in [1.165, 1.54) is 0 Å². The molecule has 12 heavy (non-hydrogen) atoms. The van der Waals surface area contributed by atoms with E-state index in [4.69, 9.17) is 10.2 Å². The summed E-state index contributed by atoms with van der Waals surface area (Å²) in [6, 6.07) is 0. The van der Waals surface area contributed by atoms with Crippen LogP contribution >= 0.6 is 0 Å². The molecule has 0 aliphatic rings. The summed E-state index contributed by atoms with van der Waals surface area (Å²) in [7, 11) is 0. The Hall–Kier alpha value is -0.610. The highest BCUT2D eigenvalue weighted by molar-refractivity contribution is 5.73. The molecule has 0 saturated heterocycles. The van der Waals surface area contributed by atoms with Gasteiger partial charge in [-0.1, -0.05) is 0 Å². The molecule has 72 valence electrons. The van der Waals surface area contributed by atoms with Gasteiger partial charge in [0.2, 0.25) is 0 Å². The molecule has 3 N–H and O–H groups in total. The quantitative estimate of drug-likeness (QED) is 0.560. The van der Waals surface area contributed by atoms with Gasteiger partial charge in [0.15, 0.2) is 0 Å². The fourth-order valence-electron chi connectivity index (χ4n) is 0.927. The molecule has 0 saturated carbocycles. The molecular weight excluding hydrogens is 160 g/mol. The van der Waals surface area contributed by atoms with Gasteiger partial charge >= 0.3 is 5.97 Å². The minimum absolute atomic E-state index is 0.114. The topological polar surface area (TPSA) is 77.8 Å². The van der Waals surface area contributed by atoms with Crippen LogP contribution in [0.5, 0.6) is 0 Å². The molecule has 0 spiro atoms. The van der Waals surface area contributed by atoms with E-state index in [-0.39, 0.29) is 19.4 Å². The maximum absolute atomic E-state index is 10.6. The van der Waals surface area contributed by atoms with Crippen LogP contribution in [0.3, 0.4) is 0 Å². The van der Waals surface area contributed by atoms with E-state index in [1.807, 2.05) is 0 Å². The van der Waals surface area contributed by atoms with E-state index >= 15 is 0 Å². The third-order valence-electron chi connectivity index (χ3n) is 1.79. The van der Waals surface area contributed by atoms with E-state index in [9.17, 15) is 9.90 Å². The van der Waals surface area contributed by atoms with Crippen molar-refractivity contribution in [3.63, 3.8) is 0 Å². The zero-order chi connectivity index (χ0) is 9.78. The van der Waals surface area contributed by atoms with Crippen molar-refractivity contribution in [1.82, 2.24) is 0 Å². The van der Waals surface area contributed by atoms with Crippen molar-refractivity contribution in [2.45, 2.75) is 32.8 Å². The zero-order valence-corrected chi connectivity index (χ0v) is 7.45. The second-order valence-corrected chi connectivity index (χ2v) is 3.56. The minimum atomic E-state index is -0.931. The highest BCUT2D eigenvalue weighted by Crippen LogP contribution is 2.23. The molecule has 0 fully saturated rings. The minimum Gasteiger partial charge on any atom is -0.481 e. The van der Waals surface area contributed by atoms with Gasteiger partial charge in [0, 0.05) is 6.61 Å². The van der Waals surface area contributed by atoms with Crippen LogP contribution in [0.1, 0.15) is 26.7 Å². The molecule has 0 amide bonds. The lowest BCUT2D eigenvalue weighted by Gasteiger charge is -2.21. The molecule has 0 aromatic heterocycles. The third-order valence-corrected chi connectivity index (χ3v) is 1.79. The van der Waals surface area contributed by atoms with E-state index in [2.05, 4.69) is 0 Å². The summed E-state index contributed by atoms with van der Waals surface area (Å²) in [6.07, 6.45) is -0.333. The zero-order valence-electron chi connectivity index (χ0n) is 7.45. The molecule has 0 aliphatic carbocycles. The molecule has 0 aliphatic heterocycles. The number of carbonyl (C=O) groups is 1. The Morgan fingerprint density at radius 1 is 1.50 bits per heavy atom. The van der Waals surface area contributed by atoms with Crippen LogP contribution in [-0.4, -0.2) is 34.0 Å². The summed E-state index contributed by atoms with van der Waals surface area (Å²) >= 11 is 0. The number of hydrogen-bond acceptors (Lipinski definition) is 3. The molecule has 0 bridgehead atoms. The first-order valence-corrected chi connectivity index (χ1v) is 3.92.